The summed E-state index contributed by atoms with van der Waals surface area (Å²) in [5.41, 5.74) is 2.62. The molecule has 4 atom stereocenters. The Hall–Kier alpha value is -2.03. The maximum absolute atomic E-state index is 13.4. The highest BCUT2D eigenvalue weighted by atomic mass is 16.1. The van der Waals surface area contributed by atoms with Gasteiger partial charge in [-0.25, -0.2) is 0 Å². The third-order valence-electron chi connectivity index (χ3n) is 6.92. The highest BCUT2D eigenvalue weighted by Gasteiger charge is 2.43. The molecule has 0 spiro atoms. The molecule has 0 radical (unpaired) electrons. The van der Waals surface area contributed by atoms with Crippen LogP contribution in [-0.4, -0.2) is 17.3 Å². The minimum atomic E-state index is -0.432. The first kappa shape index (κ1) is 25.2. The highest BCUT2D eigenvalue weighted by molar-refractivity contribution is 6.00. The Morgan fingerprint density at radius 3 is 2.52 bits per heavy atom. The number of ketones is 3. The molecule has 3 heteroatoms. The maximum atomic E-state index is 13.4. The van der Waals surface area contributed by atoms with Crippen LogP contribution < -0.4 is 0 Å². The van der Waals surface area contributed by atoms with Gasteiger partial charge in [0.25, 0.3) is 0 Å². The fraction of sp³-hybridized carbons (Fsp3) is 0.607. The summed E-state index contributed by atoms with van der Waals surface area (Å²) in [6.07, 6.45) is 18.3. The van der Waals surface area contributed by atoms with Gasteiger partial charge in [0.1, 0.15) is 17.3 Å². The van der Waals surface area contributed by atoms with Crippen molar-refractivity contribution in [1.82, 2.24) is 0 Å². The first-order valence-electron chi connectivity index (χ1n) is 12.2. The van der Waals surface area contributed by atoms with Gasteiger partial charge in [-0.15, -0.1) is 0 Å². The van der Waals surface area contributed by atoms with Gasteiger partial charge in [0.15, 0.2) is 0 Å². The van der Waals surface area contributed by atoms with Crippen molar-refractivity contribution in [1.29, 1.82) is 0 Å². The van der Waals surface area contributed by atoms with Crippen LogP contribution in [-0.2, 0) is 14.4 Å². The zero-order valence-corrected chi connectivity index (χ0v) is 19.9. The van der Waals surface area contributed by atoms with Crippen LogP contribution in [0.25, 0.3) is 0 Å². The topological polar surface area (TPSA) is 51.2 Å². The van der Waals surface area contributed by atoms with Crippen molar-refractivity contribution in [3.8, 4) is 0 Å². The summed E-state index contributed by atoms with van der Waals surface area (Å²) in [7, 11) is 0. The van der Waals surface area contributed by atoms with Crippen LogP contribution in [0, 0.1) is 23.7 Å². The molecule has 170 valence electrons. The number of carbonyl (C=O) groups is 3. The SMILES string of the molecule is C/C=C\C=C(/CC)CCC1C(=O)CC(CCC2=CC=CC2C)C(=O)C1CC(=O)CCC. The average molecular weight is 425 g/mol. The third-order valence-corrected chi connectivity index (χ3v) is 6.92. The zero-order chi connectivity index (χ0) is 22.8. The lowest BCUT2D eigenvalue weighted by molar-refractivity contribution is -0.144. The Morgan fingerprint density at radius 2 is 1.90 bits per heavy atom. The predicted octanol–water partition coefficient (Wildman–Crippen LogP) is 6.74. The van der Waals surface area contributed by atoms with Crippen LogP contribution >= 0.6 is 0 Å². The summed E-state index contributed by atoms with van der Waals surface area (Å²) < 4.78 is 0. The van der Waals surface area contributed by atoms with Crippen molar-refractivity contribution >= 4 is 17.3 Å². The van der Waals surface area contributed by atoms with E-state index in [1.54, 1.807) is 0 Å². The van der Waals surface area contributed by atoms with E-state index < -0.39 is 5.92 Å². The van der Waals surface area contributed by atoms with Gasteiger partial charge in [-0.05, 0) is 51.4 Å². The summed E-state index contributed by atoms with van der Waals surface area (Å²) in [5, 5.41) is 0. The molecule has 0 aromatic rings. The molecule has 0 aromatic heterocycles. The van der Waals surface area contributed by atoms with Crippen LogP contribution in [0.2, 0.25) is 0 Å². The van der Waals surface area contributed by atoms with Crippen LogP contribution in [0.5, 0.6) is 0 Å². The second kappa shape index (κ2) is 12.7. The molecule has 0 saturated heterocycles. The van der Waals surface area contributed by atoms with Crippen LogP contribution in [0.3, 0.4) is 0 Å². The Bertz CT molecular complexity index is 765. The second-order valence-corrected chi connectivity index (χ2v) is 9.17. The van der Waals surface area contributed by atoms with Crippen molar-refractivity contribution < 1.29 is 14.4 Å². The maximum Gasteiger partial charge on any atom is 0.140 e. The van der Waals surface area contributed by atoms with E-state index in [1.807, 2.05) is 26.0 Å². The summed E-state index contributed by atoms with van der Waals surface area (Å²) in [6, 6.07) is 0. The summed E-state index contributed by atoms with van der Waals surface area (Å²) in [6.45, 7) is 8.25. The van der Waals surface area contributed by atoms with Gasteiger partial charge in [-0.1, -0.05) is 68.4 Å². The second-order valence-electron chi connectivity index (χ2n) is 9.17. The molecule has 4 unspecified atom stereocenters. The van der Waals surface area contributed by atoms with Crippen molar-refractivity contribution in [2.75, 3.05) is 0 Å². The molecule has 0 aromatic carbocycles. The van der Waals surface area contributed by atoms with Gasteiger partial charge in [-0.2, -0.15) is 0 Å². The van der Waals surface area contributed by atoms with Gasteiger partial charge in [0.05, 0.1) is 0 Å². The van der Waals surface area contributed by atoms with Crippen LogP contribution in [0.4, 0.5) is 0 Å². The molecule has 1 saturated carbocycles. The molecule has 0 N–H and O–H groups in total. The van der Waals surface area contributed by atoms with Crippen molar-refractivity contribution in [2.45, 2.75) is 85.5 Å². The molecule has 0 amide bonds. The third kappa shape index (κ3) is 7.26. The standard InChI is InChI=1S/C28H40O3/c1-5-8-12-21(7-3)14-17-25-26(19-24(29)10-6-2)28(31)23(18-27(25)30)16-15-22-13-9-11-20(22)4/h5,8-9,11-13,20,23,25-26H,6-7,10,14-19H2,1-4H3/b8-5-,21-12+. The number of hydrogen-bond acceptors (Lipinski definition) is 3. The van der Waals surface area contributed by atoms with E-state index in [4.69, 9.17) is 0 Å². The summed E-state index contributed by atoms with van der Waals surface area (Å²) in [5.74, 6) is -0.0947. The molecule has 2 rings (SSSR count). The lowest BCUT2D eigenvalue weighted by atomic mass is 9.67. The zero-order valence-electron chi connectivity index (χ0n) is 19.9. The highest BCUT2D eigenvalue weighted by Crippen LogP contribution is 2.38. The Labute approximate surface area is 188 Å². The van der Waals surface area contributed by atoms with Gasteiger partial charge in [-0.3, -0.25) is 14.4 Å². The van der Waals surface area contributed by atoms with Crippen molar-refractivity contribution in [2.24, 2.45) is 23.7 Å². The lowest BCUT2D eigenvalue weighted by Gasteiger charge is -2.34. The fourth-order valence-corrected chi connectivity index (χ4v) is 4.92. The monoisotopic (exact) mass is 424 g/mol. The molecule has 3 nitrogen and oxygen atoms in total. The molecule has 31 heavy (non-hydrogen) atoms. The number of allylic oxidation sites excluding steroid dienone is 8. The van der Waals surface area contributed by atoms with Gasteiger partial charge in [0.2, 0.25) is 0 Å². The first-order chi connectivity index (χ1) is 14.9. The predicted molar refractivity (Wildman–Crippen MR) is 128 cm³/mol. The quantitative estimate of drug-likeness (QED) is 0.326. The van der Waals surface area contributed by atoms with Crippen molar-refractivity contribution in [3.05, 3.63) is 47.6 Å². The Kier molecular flexibility index (Phi) is 10.4. The smallest absolute Gasteiger partial charge is 0.140 e. The molecule has 0 bridgehead atoms. The normalized spacial score (nSPS) is 26.7. The lowest BCUT2D eigenvalue weighted by Crippen LogP contribution is -2.42. The number of carbonyl (C=O) groups excluding carboxylic acids is 3. The van der Waals surface area contributed by atoms with E-state index >= 15 is 0 Å². The largest absolute Gasteiger partial charge is 0.300 e. The van der Waals surface area contributed by atoms with Gasteiger partial charge < -0.3 is 0 Å². The molecular weight excluding hydrogens is 384 g/mol. The summed E-state index contributed by atoms with van der Waals surface area (Å²) in [4.78, 5) is 39.0. The van der Waals surface area contributed by atoms with E-state index in [2.05, 4.69) is 38.2 Å². The van der Waals surface area contributed by atoms with E-state index in [9.17, 15) is 14.4 Å². The first-order valence-corrected chi connectivity index (χ1v) is 12.2. The Balaban J connectivity index is 2.11. The fourth-order valence-electron chi connectivity index (χ4n) is 4.92. The van der Waals surface area contributed by atoms with Crippen LogP contribution in [0.15, 0.2) is 47.6 Å². The number of Topliss-reactive ketones (excluding diaryl/α,β-unsaturated/α-hetero) is 3. The molecule has 2 aliphatic rings. The number of rotatable bonds is 12. The Morgan fingerprint density at radius 1 is 1.13 bits per heavy atom. The summed E-state index contributed by atoms with van der Waals surface area (Å²) >= 11 is 0. The van der Waals surface area contributed by atoms with Crippen LogP contribution in [0.1, 0.15) is 85.5 Å². The van der Waals surface area contributed by atoms with E-state index in [0.29, 0.717) is 25.2 Å². The number of hydrogen-bond donors (Lipinski definition) is 0. The minimum absolute atomic E-state index is 0.121. The molecule has 2 aliphatic carbocycles. The van der Waals surface area contributed by atoms with Gasteiger partial charge in [0, 0.05) is 37.0 Å². The molecular formula is C28H40O3. The van der Waals surface area contributed by atoms with Crippen molar-refractivity contribution in [3.63, 3.8) is 0 Å². The van der Waals surface area contributed by atoms with E-state index in [1.165, 1.54) is 11.1 Å². The molecule has 0 heterocycles. The molecule has 1 fully saturated rings. The van der Waals surface area contributed by atoms with Gasteiger partial charge >= 0.3 is 0 Å². The molecule has 0 aliphatic heterocycles. The van der Waals surface area contributed by atoms with E-state index in [0.717, 1.165) is 32.1 Å². The average Bonchev–Trinajstić information content (AvgIpc) is 3.16. The minimum Gasteiger partial charge on any atom is -0.300 e. The van der Waals surface area contributed by atoms with E-state index in [-0.39, 0.29) is 35.6 Å².